The van der Waals surface area contributed by atoms with Crippen LogP contribution in [0.25, 0.3) is 0 Å². The van der Waals surface area contributed by atoms with Gasteiger partial charge in [-0.25, -0.2) is 4.39 Å². The van der Waals surface area contributed by atoms with Crippen LogP contribution in [0.2, 0.25) is 0 Å². The molecule has 0 radical (unpaired) electrons. The second-order valence-corrected chi connectivity index (χ2v) is 6.01. The van der Waals surface area contributed by atoms with Gasteiger partial charge in [0.1, 0.15) is 5.82 Å². The Kier molecular flexibility index (Phi) is 6.15. The molecule has 21 heavy (non-hydrogen) atoms. The molecule has 1 aromatic carbocycles. The SMILES string of the molecule is Cc1ccc(C(O)CCN(CCCO)C2CCC2)cc1F. The van der Waals surface area contributed by atoms with Crippen LogP contribution >= 0.6 is 0 Å². The van der Waals surface area contributed by atoms with E-state index in [0.29, 0.717) is 23.6 Å². The zero-order valence-corrected chi connectivity index (χ0v) is 12.8. The Balaban J connectivity index is 1.87. The molecule has 0 aromatic heterocycles. The molecule has 118 valence electrons. The van der Waals surface area contributed by atoms with Crippen molar-refractivity contribution < 1.29 is 14.6 Å². The third kappa shape index (κ3) is 4.50. The van der Waals surface area contributed by atoms with Crippen molar-refractivity contribution in [1.29, 1.82) is 0 Å². The van der Waals surface area contributed by atoms with Crippen molar-refractivity contribution in [2.75, 3.05) is 19.7 Å². The molecule has 2 N–H and O–H groups in total. The Bertz CT molecular complexity index is 448. The van der Waals surface area contributed by atoms with Crippen molar-refractivity contribution in [3.05, 3.63) is 35.1 Å². The van der Waals surface area contributed by atoms with E-state index >= 15 is 0 Å². The monoisotopic (exact) mass is 295 g/mol. The summed E-state index contributed by atoms with van der Waals surface area (Å²) >= 11 is 0. The third-order valence-electron chi connectivity index (χ3n) is 4.46. The fourth-order valence-corrected chi connectivity index (χ4v) is 2.77. The Morgan fingerprint density at radius 2 is 2.10 bits per heavy atom. The minimum Gasteiger partial charge on any atom is -0.396 e. The van der Waals surface area contributed by atoms with Crippen LogP contribution in [0.5, 0.6) is 0 Å². The summed E-state index contributed by atoms with van der Waals surface area (Å²) < 4.78 is 13.5. The summed E-state index contributed by atoms with van der Waals surface area (Å²) in [4.78, 5) is 2.35. The van der Waals surface area contributed by atoms with Gasteiger partial charge < -0.3 is 15.1 Å². The third-order valence-corrected chi connectivity index (χ3v) is 4.46. The Labute approximate surface area is 126 Å². The van der Waals surface area contributed by atoms with E-state index in [-0.39, 0.29) is 12.4 Å². The molecule has 0 aliphatic heterocycles. The molecular weight excluding hydrogens is 269 g/mol. The fourth-order valence-electron chi connectivity index (χ4n) is 2.77. The van der Waals surface area contributed by atoms with Crippen molar-refractivity contribution in [2.24, 2.45) is 0 Å². The van der Waals surface area contributed by atoms with Crippen molar-refractivity contribution >= 4 is 0 Å². The summed E-state index contributed by atoms with van der Waals surface area (Å²) in [6.07, 6.45) is 4.43. The highest BCUT2D eigenvalue weighted by molar-refractivity contribution is 5.24. The topological polar surface area (TPSA) is 43.7 Å². The van der Waals surface area contributed by atoms with Crippen molar-refractivity contribution in [2.45, 2.75) is 51.2 Å². The fraction of sp³-hybridized carbons (Fsp3) is 0.647. The van der Waals surface area contributed by atoms with Crippen LogP contribution in [0, 0.1) is 12.7 Å². The molecule has 1 saturated carbocycles. The van der Waals surface area contributed by atoms with Gasteiger partial charge in [-0.1, -0.05) is 18.6 Å². The predicted molar refractivity (Wildman–Crippen MR) is 81.6 cm³/mol. The number of benzene rings is 1. The molecule has 1 unspecified atom stereocenters. The van der Waals surface area contributed by atoms with E-state index in [1.165, 1.54) is 25.3 Å². The molecule has 1 aliphatic carbocycles. The molecular formula is C17H26FNO2. The van der Waals surface area contributed by atoms with Crippen LogP contribution in [0.1, 0.15) is 49.3 Å². The lowest BCUT2D eigenvalue weighted by molar-refractivity contribution is 0.0863. The van der Waals surface area contributed by atoms with E-state index in [9.17, 15) is 9.50 Å². The van der Waals surface area contributed by atoms with Crippen LogP contribution in [0.4, 0.5) is 4.39 Å². The number of halogens is 1. The molecule has 4 heteroatoms. The van der Waals surface area contributed by atoms with Gasteiger partial charge in [0, 0.05) is 25.7 Å². The lowest BCUT2D eigenvalue weighted by Gasteiger charge is -2.38. The highest BCUT2D eigenvalue weighted by Crippen LogP contribution is 2.27. The van der Waals surface area contributed by atoms with E-state index < -0.39 is 6.10 Å². The molecule has 0 bridgehead atoms. The molecule has 0 spiro atoms. The van der Waals surface area contributed by atoms with Gasteiger partial charge in [0.15, 0.2) is 0 Å². The molecule has 1 aliphatic rings. The van der Waals surface area contributed by atoms with Crippen molar-refractivity contribution in [3.63, 3.8) is 0 Å². The first-order valence-corrected chi connectivity index (χ1v) is 7.91. The van der Waals surface area contributed by atoms with Crippen LogP contribution in [0.15, 0.2) is 18.2 Å². The van der Waals surface area contributed by atoms with Gasteiger partial charge in [-0.05, 0) is 49.8 Å². The summed E-state index contributed by atoms with van der Waals surface area (Å²) in [5.74, 6) is -0.261. The number of aryl methyl sites for hydroxylation is 1. The smallest absolute Gasteiger partial charge is 0.126 e. The van der Waals surface area contributed by atoms with Crippen molar-refractivity contribution in [3.8, 4) is 0 Å². The quantitative estimate of drug-likeness (QED) is 0.775. The maximum absolute atomic E-state index is 13.5. The van der Waals surface area contributed by atoms with E-state index in [4.69, 9.17) is 5.11 Å². The highest BCUT2D eigenvalue weighted by atomic mass is 19.1. The number of hydrogen-bond acceptors (Lipinski definition) is 3. The van der Waals surface area contributed by atoms with E-state index in [2.05, 4.69) is 4.90 Å². The molecule has 0 heterocycles. The second-order valence-electron chi connectivity index (χ2n) is 6.01. The largest absolute Gasteiger partial charge is 0.396 e. The predicted octanol–water partition coefficient (Wildman–Crippen LogP) is 2.79. The van der Waals surface area contributed by atoms with Crippen molar-refractivity contribution in [1.82, 2.24) is 4.90 Å². The number of hydrogen-bond donors (Lipinski definition) is 2. The van der Waals surface area contributed by atoms with Crippen LogP contribution in [-0.4, -0.2) is 40.9 Å². The van der Waals surface area contributed by atoms with E-state index in [0.717, 1.165) is 19.5 Å². The summed E-state index contributed by atoms with van der Waals surface area (Å²) in [6, 6.07) is 5.54. The highest BCUT2D eigenvalue weighted by Gasteiger charge is 2.25. The number of nitrogens with zero attached hydrogens (tertiary/aromatic N) is 1. The standard InChI is InChI=1S/C17H26FNO2/c1-13-6-7-14(12-16(13)18)17(21)8-10-19(9-3-11-20)15-4-2-5-15/h6-7,12,15,17,20-21H,2-5,8-11H2,1H3. The molecule has 0 amide bonds. The van der Waals surface area contributed by atoms with Gasteiger partial charge in [0.05, 0.1) is 6.10 Å². The summed E-state index contributed by atoms with van der Waals surface area (Å²) in [6.45, 7) is 3.59. The van der Waals surface area contributed by atoms with E-state index in [1.54, 1.807) is 19.1 Å². The Morgan fingerprint density at radius 3 is 2.67 bits per heavy atom. The normalized spacial score (nSPS) is 17.0. The van der Waals surface area contributed by atoms with Crippen LogP contribution in [0.3, 0.4) is 0 Å². The zero-order valence-electron chi connectivity index (χ0n) is 12.8. The lowest BCUT2D eigenvalue weighted by Crippen LogP contribution is -2.41. The molecule has 1 fully saturated rings. The lowest BCUT2D eigenvalue weighted by atomic mass is 9.91. The maximum atomic E-state index is 13.5. The first-order valence-electron chi connectivity index (χ1n) is 7.91. The average Bonchev–Trinajstić information content (AvgIpc) is 2.42. The number of rotatable bonds is 8. The van der Waals surface area contributed by atoms with Crippen LogP contribution in [-0.2, 0) is 0 Å². The van der Waals surface area contributed by atoms with Gasteiger partial charge >= 0.3 is 0 Å². The number of aliphatic hydroxyl groups excluding tert-OH is 2. The molecule has 1 aromatic rings. The van der Waals surface area contributed by atoms with E-state index in [1.807, 2.05) is 0 Å². The summed E-state index contributed by atoms with van der Waals surface area (Å²) in [7, 11) is 0. The molecule has 1 atom stereocenters. The molecule has 0 saturated heterocycles. The zero-order chi connectivity index (χ0) is 15.2. The van der Waals surface area contributed by atoms with Crippen LogP contribution < -0.4 is 0 Å². The second kappa shape index (κ2) is 7.87. The summed E-state index contributed by atoms with van der Waals surface area (Å²) in [5, 5.41) is 19.2. The van der Waals surface area contributed by atoms with Gasteiger partial charge in [-0.3, -0.25) is 0 Å². The Hall–Kier alpha value is -0.970. The van der Waals surface area contributed by atoms with Gasteiger partial charge in [-0.15, -0.1) is 0 Å². The van der Waals surface area contributed by atoms with Gasteiger partial charge in [-0.2, -0.15) is 0 Å². The number of aliphatic hydroxyl groups is 2. The Morgan fingerprint density at radius 1 is 1.33 bits per heavy atom. The van der Waals surface area contributed by atoms with Gasteiger partial charge in [0.2, 0.25) is 0 Å². The summed E-state index contributed by atoms with van der Waals surface area (Å²) in [5.41, 5.74) is 1.25. The first-order chi connectivity index (χ1) is 10.1. The minimum atomic E-state index is -0.628. The molecule has 2 rings (SSSR count). The molecule has 3 nitrogen and oxygen atoms in total. The minimum absolute atomic E-state index is 0.203. The average molecular weight is 295 g/mol. The maximum Gasteiger partial charge on any atom is 0.126 e. The first kappa shape index (κ1) is 16.4. The van der Waals surface area contributed by atoms with Gasteiger partial charge in [0.25, 0.3) is 0 Å².